The number of rotatable bonds is 8. The number of hydrogen-bond acceptors (Lipinski definition) is 11. The molecule has 206 valence electrons. The van der Waals surface area contributed by atoms with Gasteiger partial charge in [-0.05, 0) is 27.7 Å². The number of fused-ring (bicyclic) bond motifs is 3. The molecular formula is C27H30N4O8. The summed E-state index contributed by atoms with van der Waals surface area (Å²) in [7, 11) is 0. The number of amides is 1. The molecule has 2 heterocycles. The number of Topliss-reactive ketones (excluding diaryl/α,β-unsaturated/α-hetero) is 2. The van der Waals surface area contributed by atoms with E-state index in [2.05, 4.69) is 20.8 Å². The second kappa shape index (κ2) is 10.0. The van der Waals surface area contributed by atoms with Crippen molar-refractivity contribution in [3.63, 3.8) is 0 Å². The second-order valence-corrected chi connectivity index (χ2v) is 10.0. The molecule has 0 unspecified atom stereocenters. The predicted octanol–water partition coefficient (Wildman–Crippen LogP) is 2.37. The number of nitrogens with zero attached hydrogens (tertiary/aromatic N) is 2. The van der Waals surface area contributed by atoms with Gasteiger partial charge in [0.05, 0.1) is 17.7 Å². The van der Waals surface area contributed by atoms with Gasteiger partial charge in [0.25, 0.3) is 0 Å². The zero-order valence-electron chi connectivity index (χ0n) is 22.5. The van der Waals surface area contributed by atoms with Crippen LogP contribution < -0.4 is 15.4 Å². The maximum Gasteiger partial charge on any atom is 0.246 e. The maximum atomic E-state index is 13.8. The van der Waals surface area contributed by atoms with Crippen molar-refractivity contribution in [1.29, 1.82) is 0 Å². The van der Waals surface area contributed by atoms with Gasteiger partial charge in [-0.15, -0.1) is 0 Å². The fourth-order valence-corrected chi connectivity index (χ4v) is 4.65. The fourth-order valence-electron chi connectivity index (χ4n) is 4.65. The van der Waals surface area contributed by atoms with Crippen LogP contribution in [0.3, 0.4) is 0 Å². The molecule has 2 aliphatic rings. The first kappa shape index (κ1) is 27.6. The SMILES string of the molecule is CC(=O)c1c(O)c(C)c(O)c2c1OC1=CC(=O)/C(=C(/C)NCCC(=O)NCc3nc(C(C)C)no3)C(=O)[C@@]12C. The number of phenols is 2. The van der Waals surface area contributed by atoms with E-state index in [1.165, 1.54) is 27.7 Å². The van der Waals surface area contributed by atoms with E-state index in [0.29, 0.717) is 5.82 Å². The molecule has 1 amide bonds. The summed E-state index contributed by atoms with van der Waals surface area (Å²) in [4.78, 5) is 55.5. The van der Waals surface area contributed by atoms with Gasteiger partial charge in [0, 0.05) is 36.2 Å². The van der Waals surface area contributed by atoms with Gasteiger partial charge in [0.1, 0.15) is 34.0 Å². The Bertz CT molecular complexity index is 1480. The lowest BCUT2D eigenvalue weighted by Gasteiger charge is -2.29. The lowest BCUT2D eigenvalue weighted by Crippen LogP contribution is -2.41. The Hall–Kier alpha value is -4.48. The van der Waals surface area contributed by atoms with Crippen molar-refractivity contribution in [3.8, 4) is 17.2 Å². The molecule has 0 spiro atoms. The molecule has 2 aromatic rings. The second-order valence-electron chi connectivity index (χ2n) is 10.0. The molecule has 12 nitrogen and oxygen atoms in total. The predicted molar refractivity (Wildman–Crippen MR) is 136 cm³/mol. The zero-order chi connectivity index (χ0) is 28.8. The van der Waals surface area contributed by atoms with Gasteiger partial charge in [0.15, 0.2) is 23.2 Å². The summed E-state index contributed by atoms with van der Waals surface area (Å²) in [6.07, 6.45) is 1.17. The van der Waals surface area contributed by atoms with Crippen LogP contribution in [-0.2, 0) is 26.3 Å². The Morgan fingerprint density at radius 1 is 1.13 bits per heavy atom. The maximum absolute atomic E-state index is 13.8. The van der Waals surface area contributed by atoms with Crippen molar-refractivity contribution >= 4 is 23.3 Å². The Labute approximate surface area is 224 Å². The highest BCUT2D eigenvalue weighted by Gasteiger charge is 2.56. The largest absolute Gasteiger partial charge is 0.507 e. The van der Waals surface area contributed by atoms with Gasteiger partial charge in [-0.1, -0.05) is 19.0 Å². The van der Waals surface area contributed by atoms with Crippen molar-refractivity contribution in [3.05, 3.63) is 51.5 Å². The molecule has 1 aromatic heterocycles. The van der Waals surface area contributed by atoms with E-state index in [1.54, 1.807) is 0 Å². The van der Waals surface area contributed by atoms with Crippen LogP contribution in [0.25, 0.3) is 0 Å². The van der Waals surface area contributed by atoms with Crippen molar-refractivity contribution < 1.29 is 38.7 Å². The van der Waals surface area contributed by atoms with E-state index in [-0.39, 0.29) is 76.7 Å². The highest BCUT2D eigenvalue weighted by molar-refractivity contribution is 6.31. The molecule has 4 rings (SSSR count). The molecule has 39 heavy (non-hydrogen) atoms. The number of phenolic OH excluding ortho intramolecular Hbond substituents is 2. The van der Waals surface area contributed by atoms with Gasteiger partial charge >= 0.3 is 0 Å². The lowest BCUT2D eigenvalue weighted by atomic mass is 9.70. The van der Waals surface area contributed by atoms with Crippen molar-refractivity contribution in [2.75, 3.05) is 6.54 Å². The normalized spacial score (nSPS) is 19.3. The Balaban J connectivity index is 1.52. The molecule has 1 aromatic carbocycles. The number of carbonyl (C=O) groups excluding carboxylic acids is 4. The van der Waals surface area contributed by atoms with E-state index >= 15 is 0 Å². The summed E-state index contributed by atoms with van der Waals surface area (Å²) in [5.41, 5.74) is -1.68. The van der Waals surface area contributed by atoms with Crippen molar-refractivity contribution in [1.82, 2.24) is 20.8 Å². The number of ketones is 3. The Kier molecular flexibility index (Phi) is 7.07. The highest BCUT2D eigenvalue weighted by atomic mass is 16.5. The van der Waals surface area contributed by atoms with E-state index < -0.39 is 34.3 Å². The first-order valence-corrected chi connectivity index (χ1v) is 12.4. The van der Waals surface area contributed by atoms with E-state index in [1.807, 2.05) is 13.8 Å². The summed E-state index contributed by atoms with van der Waals surface area (Å²) in [6, 6.07) is 0. The summed E-state index contributed by atoms with van der Waals surface area (Å²) in [5, 5.41) is 30.8. The van der Waals surface area contributed by atoms with E-state index in [0.717, 1.165) is 6.08 Å². The number of benzene rings is 1. The van der Waals surface area contributed by atoms with Crippen LogP contribution in [0.2, 0.25) is 0 Å². The average molecular weight is 539 g/mol. The molecule has 1 aliphatic carbocycles. The minimum Gasteiger partial charge on any atom is -0.507 e. The number of nitrogens with one attached hydrogen (secondary N) is 2. The van der Waals surface area contributed by atoms with Crippen molar-refractivity contribution in [2.45, 2.75) is 65.8 Å². The number of hydrogen-bond donors (Lipinski definition) is 4. The number of aromatic nitrogens is 2. The smallest absolute Gasteiger partial charge is 0.246 e. The summed E-state index contributed by atoms with van der Waals surface area (Å²) < 4.78 is 10.8. The summed E-state index contributed by atoms with van der Waals surface area (Å²) >= 11 is 0. The van der Waals surface area contributed by atoms with Crippen LogP contribution in [-0.4, -0.2) is 50.2 Å². The van der Waals surface area contributed by atoms with Gasteiger partial charge in [0.2, 0.25) is 11.8 Å². The average Bonchev–Trinajstić information content (AvgIpc) is 3.45. The number of carbonyl (C=O) groups is 4. The van der Waals surface area contributed by atoms with Gasteiger partial charge in [-0.3, -0.25) is 19.2 Å². The molecule has 1 atom stereocenters. The molecule has 0 radical (unpaired) electrons. The third kappa shape index (κ3) is 4.55. The summed E-state index contributed by atoms with van der Waals surface area (Å²) in [5.74, 6) is -2.24. The van der Waals surface area contributed by atoms with E-state index in [9.17, 15) is 29.4 Å². The van der Waals surface area contributed by atoms with Crippen LogP contribution in [0.5, 0.6) is 17.2 Å². The molecule has 0 saturated carbocycles. The molecule has 12 heteroatoms. The third-order valence-electron chi connectivity index (χ3n) is 6.94. The highest BCUT2D eigenvalue weighted by Crippen LogP contribution is 2.57. The lowest BCUT2D eigenvalue weighted by molar-refractivity contribution is -0.124. The first-order valence-electron chi connectivity index (χ1n) is 12.4. The standard InChI is InChI=1S/C27H30N4O8/c1-11(2)26-30-18(39-31-26)10-29-17(34)7-8-28-13(4)19-15(33)9-16-27(6,25(19)37)21-23(36)12(3)22(35)20(14(5)32)24(21)38-16/h9,11,28,35-36H,7-8,10H2,1-6H3,(H,29,34)/b19-13+/t27-/m0/s1. The number of allylic oxidation sites excluding steroid dienone is 4. The van der Waals surface area contributed by atoms with Crippen LogP contribution in [0, 0.1) is 6.92 Å². The minimum absolute atomic E-state index is 0.0121. The molecule has 0 fully saturated rings. The number of ether oxygens (including phenoxy) is 1. The van der Waals surface area contributed by atoms with E-state index in [4.69, 9.17) is 9.26 Å². The Morgan fingerprint density at radius 3 is 2.44 bits per heavy atom. The van der Waals surface area contributed by atoms with Crippen LogP contribution in [0.4, 0.5) is 0 Å². The zero-order valence-corrected chi connectivity index (χ0v) is 22.5. The molecule has 0 saturated heterocycles. The molecular weight excluding hydrogens is 508 g/mol. The Morgan fingerprint density at radius 2 is 1.82 bits per heavy atom. The number of aromatic hydroxyl groups is 2. The molecule has 1 aliphatic heterocycles. The minimum atomic E-state index is -1.61. The van der Waals surface area contributed by atoms with Crippen LogP contribution in [0.1, 0.15) is 80.2 Å². The third-order valence-corrected chi connectivity index (χ3v) is 6.94. The van der Waals surface area contributed by atoms with Crippen LogP contribution >= 0.6 is 0 Å². The van der Waals surface area contributed by atoms with Gasteiger partial charge in [-0.25, -0.2) is 0 Å². The fraction of sp³-hybridized carbons (Fsp3) is 0.407. The monoisotopic (exact) mass is 538 g/mol. The van der Waals surface area contributed by atoms with Crippen molar-refractivity contribution in [2.24, 2.45) is 0 Å². The first-order chi connectivity index (χ1) is 18.3. The summed E-state index contributed by atoms with van der Waals surface area (Å²) in [6.45, 7) is 9.70. The molecule has 4 N–H and O–H groups in total. The molecule has 0 bridgehead atoms. The van der Waals surface area contributed by atoms with Gasteiger partial charge < -0.3 is 30.1 Å². The van der Waals surface area contributed by atoms with Crippen LogP contribution in [0.15, 0.2) is 27.6 Å². The topological polar surface area (TPSA) is 181 Å². The van der Waals surface area contributed by atoms with Gasteiger partial charge in [-0.2, -0.15) is 4.98 Å². The quantitative estimate of drug-likeness (QED) is 0.220.